The molecule has 0 aromatic carbocycles. The van der Waals surface area contributed by atoms with E-state index in [1.165, 1.54) is 57.0 Å². The van der Waals surface area contributed by atoms with Crippen molar-refractivity contribution in [2.45, 2.75) is 52.0 Å². The molecule has 0 atom stereocenters. The molecule has 2 aliphatic rings. The topological polar surface area (TPSA) is 33.1 Å². The lowest BCUT2D eigenvalue weighted by atomic mass is 9.97. The van der Waals surface area contributed by atoms with Gasteiger partial charge in [0, 0.05) is 25.3 Å². The molecule has 2 fully saturated rings. The molecule has 1 aliphatic heterocycles. The van der Waals surface area contributed by atoms with Crippen LogP contribution in [0.15, 0.2) is 6.20 Å². The van der Waals surface area contributed by atoms with Gasteiger partial charge in [-0.15, -0.1) is 0 Å². The molecule has 4 nitrogen and oxygen atoms in total. The van der Waals surface area contributed by atoms with E-state index in [9.17, 15) is 0 Å². The predicted molar refractivity (Wildman–Crippen MR) is 83.4 cm³/mol. The average Bonchev–Trinajstić information content (AvgIpc) is 3.25. The van der Waals surface area contributed by atoms with Crippen molar-refractivity contribution in [3.8, 4) is 0 Å². The van der Waals surface area contributed by atoms with E-state index < -0.39 is 0 Å². The Bertz CT molecular complexity index is 428. The van der Waals surface area contributed by atoms with Gasteiger partial charge >= 0.3 is 0 Å². The van der Waals surface area contributed by atoms with E-state index in [-0.39, 0.29) is 0 Å². The van der Waals surface area contributed by atoms with Crippen LogP contribution >= 0.6 is 0 Å². The second kappa shape index (κ2) is 6.17. The molecule has 1 saturated carbocycles. The van der Waals surface area contributed by atoms with E-state index in [1.54, 1.807) is 0 Å². The fourth-order valence-corrected chi connectivity index (χ4v) is 3.14. The van der Waals surface area contributed by atoms with Crippen LogP contribution in [-0.2, 0) is 6.42 Å². The molecule has 3 rings (SSSR count). The highest BCUT2D eigenvalue weighted by atomic mass is 15.3. The maximum absolute atomic E-state index is 4.87. The maximum atomic E-state index is 4.87. The summed E-state index contributed by atoms with van der Waals surface area (Å²) in [4.78, 5) is 7.39. The Morgan fingerprint density at radius 3 is 2.55 bits per heavy atom. The fraction of sp³-hybridized carbons (Fsp3) is 0.812. The van der Waals surface area contributed by atoms with Gasteiger partial charge in [-0.1, -0.05) is 13.8 Å². The van der Waals surface area contributed by atoms with E-state index in [4.69, 9.17) is 4.98 Å². The van der Waals surface area contributed by atoms with Gasteiger partial charge in [0.2, 0.25) is 5.95 Å². The number of piperidine rings is 1. The van der Waals surface area contributed by atoms with E-state index in [1.807, 2.05) is 0 Å². The standard InChI is InChI=1S/C16H28N4/c1-3-14-12-20(15-5-6-15)16(18-14)19-9-7-13(8-10-19)11-17-4-2/h12-13,15,17H,3-11H2,1-2H3. The third-order valence-corrected chi connectivity index (χ3v) is 4.65. The van der Waals surface area contributed by atoms with Crippen molar-refractivity contribution in [3.05, 3.63) is 11.9 Å². The Hall–Kier alpha value is -1.03. The highest BCUT2D eigenvalue weighted by Crippen LogP contribution is 2.39. The average molecular weight is 276 g/mol. The first kappa shape index (κ1) is 13.9. The highest BCUT2D eigenvalue weighted by Gasteiger charge is 2.30. The number of rotatable bonds is 6. The maximum Gasteiger partial charge on any atom is 0.205 e. The molecule has 112 valence electrons. The van der Waals surface area contributed by atoms with E-state index in [2.05, 4.69) is 34.8 Å². The molecule has 1 N–H and O–H groups in total. The number of aromatic nitrogens is 2. The Morgan fingerprint density at radius 1 is 1.20 bits per heavy atom. The van der Waals surface area contributed by atoms with Gasteiger partial charge in [0.05, 0.1) is 5.69 Å². The second-order valence-corrected chi connectivity index (χ2v) is 6.26. The Labute approximate surface area is 122 Å². The molecule has 0 amide bonds. The second-order valence-electron chi connectivity index (χ2n) is 6.26. The summed E-state index contributed by atoms with van der Waals surface area (Å²) in [5.41, 5.74) is 1.25. The highest BCUT2D eigenvalue weighted by molar-refractivity contribution is 5.35. The van der Waals surface area contributed by atoms with Crippen LogP contribution in [0.25, 0.3) is 0 Å². The smallest absolute Gasteiger partial charge is 0.205 e. The normalized spacial score (nSPS) is 20.6. The number of imidazole rings is 1. The molecule has 0 spiro atoms. The van der Waals surface area contributed by atoms with Crippen LogP contribution in [0.1, 0.15) is 51.3 Å². The van der Waals surface area contributed by atoms with Gasteiger partial charge in [0.15, 0.2) is 0 Å². The van der Waals surface area contributed by atoms with Crippen LogP contribution in [0.4, 0.5) is 5.95 Å². The minimum absolute atomic E-state index is 0.734. The number of nitrogens with one attached hydrogen (secondary N) is 1. The Kier molecular flexibility index (Phi) is 4.29. The molecular formula is C16H28N4. The van der Waals surface area contributed by atoms with Crippen molar-refractivity contribution in [2.24, 2.45) is 5.92 Å². The molecule has 4 heteroatoms. The molecule has 0 unspecified atom stereocenters. The summed E-state index contributed by atoms with van der Waals surface area (Å²) in [6.45, 7) is 9.00. The number of hydrogen-bond acceptors (Lipinski definition) is 3. The SMILES string of the molecule is CCNCC1CCN(c2nc(CC)cn2C2CC2)CC1. The van der Waals surface area contributed by atoms with Crippen molar-refractivity contribution < 1.29 is 0 Å². The van der Waals surface area contributed by atoms with Crippen LogP contribution < -0.4 is 10.2 Å². The van der Waals surface area contributed by atoms with Crippen LogP contribution in [0.5, 0.6) is 0 Å². The van der Waals surface area contributed by atoms with E-state index >= 15 is 0 Å². The lowest BCUT2D eigenvalue weighted by Gasteiger charge is -2.33. The molecule has 1 saturated heterocycles. The molecule has 0 bridgehead atoms. The van der Waals surface area contributed by atoms with Crippen LogP contribution in [-0.4, -0.2) is 35.7 Å². The van der Waals surface area contributed by atoms with Crippen LogP contribution in [0, 0.1) is 5.92 Å². The van der Waals surface area contributed by atoms with Gasteiger partial charge < -0.3 is 14.8 Å². The molecule has 1 aliphatic carbocycles. The zero-order valence-electron chi connectivity index (χ0n) is 12.9. The third-order valence-electron chi connectivity index (χ3n) is 4.65. The first-order valence-electron chi connectivity index (χ1n) is 8.35. The van der Waals surface area contributed by atoms with Crippen molar-refractivity contribution in [2.75, 3.05) is 31.1 Å². The molecular weight excluding hydrogens is 248 g/mol. The van der Waals surface area contributed by atoms with Gasteiger partial charge in [-0.05, 0) is 51.1 Å². The largest absolute Gasteiger partial charge is 0.342 e. The molecule has 1 aromatic rings. The summed E-state index contributed by atoms with van der Waals surface area (Å²) in [6.07, 6.45) is 8.60. The van der Waals surface area contributed by atoms with Gasteiger partial charge in [0.1, 0.15) is 0 Å². The van der Waals surface area contributed by atoms with Gasteiger partial charge in [-0.3, -0.25) is 0 Å². The number of nitrogens with zero attached hydrogens (tertiary/aromatic N) is 3. The fourth-order valence-electron chi connectivity index (χ4n) is 3.14. The lowest BCUT2D eigenvalue weighted by Crippen LogP contribution is -2.38. The van der Waals surface area contributed by atoms with Crippen LogP contribution in [0.3, 0.4) is 0 Å². The summed E-state index contributed by atoms with van der Waals surface area (Å²) in [5, 5.41) is 3.49. The molecule has 1 aromatic heterocycles. The first-order valence-corrected chi connectivity index (χ1v) is 8.35. The minimum atomic E-state index is 0.734. The molecule has 20 heavy (non-hydrogen) atoms. The van der Waals surface area contributed by atoms with Crippen molar-refractivity contribution in [3.63, 3.8) is 0 Å². The monoisotopic (exact) mass is 276 g/mol. The van der Waals surface area contributed by atoms with Crippen molar-refractivity contribution in [1.82, 2.24) is 14.9 Å². The summed E-state index contributed by atoms with van der Waals surface area (Å²) in [7, 11) is 0. The van der Waals surface area contributed by atoms with Crippen molar-refractivity contribution >= 4 is 5.95 Å². The van der Waals surface area contributed by atoms with E-state index in [0.717, 1.165) is 24.9 Å². The lowest BCUT2D eigenvalue weighted by molar-refractivity contribution is 0.382. The molecule has 0 radical (unpaired) electrons. The van der Waals surface area contributed by atoms with Crippen molar-refractivity contribution in [1.29, 1.82) is 0 Å². The zero-order valence-corrected chi connectivity index (χ0v) is 12.9. The summed E-state index contributed by atoms with van der Waals surface area (Å²) in [6, 6.07) is 0.734. The number of aryl methyl sites for hydroxylation is 1. The molecule has 2 heterocycles. The number of hydrogen-bond donors (Lipinski definition) is 1. The third kappa shape index (κ3) is 3.00. The van der Waals surface area contributed by atoms with Gasteiger partial charge in [-0.25, -0.2) is 4.98 Å². The summed E-state index contributed by atoms with van der Waals surface area (Å²) in [5.74, 6) is 2.09. The Morgan fingerprint density at radius 2 is 1.95 bits per heavy atom. The minimum Gasteiger partial charge on any atom is -0.342 e. The van der Waals surface area contributed by atoms with Crippen LogP contribution in [0.2, 0.25) is 0 Å². The van der Waals surface area contributed by atoms with Gasteiger partial charge in [-0.2, -0.15) is 0 Å². The Balaban J connectivity index is 1.64. The first-order chi connectivity index (χ1) is 9.81. The zero-order chi connectivity index (χ0) is 13.9. The quantitative estimate of drug-likeness (QED) is 0.867. The van der Waals surface area contributed by atoms with Gasteiger partial charge in [0.25, 0.3) is 0 Å². The summed E-state index contributed by atoms with van der Waals surface area (Å²) < 4.78 is 2.45. The number of anilines is 1. The predicted octanol–water partition coefficient (Wildman–Crippen LogP) is 2.61. The summed E-state index contributed by atoms with van der Waals surface area (Å²) >= 11 is 0. The van der Waals surface area contributed by atoms with E-state index in [0.29, 0.717) is 0 Å².